The zero-order valence-electron chi connectivity index (χ0n) is 43.1. The monoisotopic (exact) mass is 1080 g/mol. The highest BCUT2D eigenvalue weighted by Crippen LogP contribution is 2.40. The van der Waals surface area contributed by atoms with Gasteiger partial charge in [-0.25, -0.2) is 0 Å². The van der Waals surface area contributed by atoms with E-state index in [0.717, 1.165) is 37.7 Å². The topological polar surface area (TPSA) is 267 Å². The van der Waals surface area contributed by atoms with Crippen molar-refractivity contribution in [3.05, 3.63) is 123 Å². The number of thiophene rings is 1. The molecule has 3 aliphatic heterocycles. The van der Waals surface area contributed by atoms with Crippen LogP contribution in [-0.2, 0) is 44.7 Å². The van der Waals surface area contributed by atoms with Gasteiger partial charge in [-0.2, -0.15) is 0 Å². The molecule has 2 aromatic heterocycles. The standard InChI is InChI=1S/C54H62ClN11O9S/c1-29-30(2)76-53-45(29)46(35-16-18-36(55)19-17-35)60-38(48-64-63-31(3)66(48)53)24-42(68)57-25-40-50(72)56-20-21-75-28-44(70)62-47(54(4,5)6)52(74)65-27-37(67)23-41(65)51(73)61-39(49(71)58-26-43(69)59-40)22-32-12-14-34(15-13-32)33-10-8-7-9-11-33/h7-19,37-41,47,67H,20-28H2,1-6H3,(H,56,72)(H,57,68)(H,58,71)(H,59,69)(H,61,73)(H,62,70)/t37-,38+,39-,40-,41+,47-/m1/s1. The number of fused-ring (bicyclic) bond motifs is 4. The second-order valence-electron chi connectivity index (χ2n) is 20.2. The fourth-order valence-electron chi connectivity index (χ4n) is 9.38. The minimum Gasteiger partial charge on any atom is -0.391 e. The lowest BCUT2D eigenvalue weighted by Gasteiger charge is -2.35. The molecule has 0 bridgehead atoms. The summed E-state index contributed by atoms with van der Waals surface area (Å²) in [6.45, 7) is 9.07. The van der Waals surface area contributed by atoms with Crippen molar-refractivity contribution in [1.29, 1.82) is 0 Å². The maximum Gasteiger partial charge on any atom is 0.246 e. The number of aliphatic hydroxyl groups is 1. The Hall–Kier alpha value is -7.33. The number of rotatable bonds is 8. The summed E-state index contributed by atoms with van der Waals surface area (Å²) in [5.74, 6) is -3.77. The number of carbonyl (C=O) groups is 7. The van der Waals surface area contributed by atoms with Gasteiger partial charge in [-0.05, 0) is 60.6 Å². The minimum absolute atomic E-state index is 0.0369. The summed E-state index contributed by atoms with van der Waals surface area (Å²) >= 11 is 7.85. The molecule has 0 radical (unpaired) electrons. The molecule has 5 aromatic rings. The van der Waals surface area contributed by atoms with Gasteiger partial charge in [0, 0.05) is 53.5 Å². The second kappa shape index (κ2) is 23.7. The smallest absolute Gasteiger partial charge is 0.246 e. The summed E-state index contributed by atoms with van der Waals surface area (Å²) in [6, 6.07) is 18.4. The molecule has 5 heterocycles. The average molecular weight is 1080 g/mol. The molecule has 7 N–H and O–H groups in total. The highest BCUT2D eigenvalue weighted by Gasteiger charge is 2.45. The Labute approximate surface area is 448 Å². The Bertz CT molecular complexity index is 3030. The van der Waals surface area contributed by atoms with Crippen LogP contribution in [0, 0.1) is 26.2 Å². The van der Waals surface area contributed by atoms with Crippen molar-refractivity contribution in [2.75, 3.05) is 39.4 Å². The molecule has 0 saturated carbocycles. The summed E-state index contributed by atoms with van der Waals surface area (Å²) in [4.78, 5) is 105. The van der Waals surface area contributed by atoms with E-state index in [1.807, 2.05) is 92.1 Å². The number of ether oxygens (including phenoxy) is 1. The van der Waals surface area contributed by atoms with Gasteiger partial charge in [-0.3, -0.25) is 43.1 Å². The molecule has 3 aromatic carbocycles. The van der Waals surface area contributed by atoms with Crippen LogP contribution >= 0.6 is 22.9 Å². The van der Waals surface area contributed by atoms with Crippen molar-refractivity contribution in [2.24, 2.45) is 10.4 Å². The molecule has 0 unspecified atom stereocenters. The van der Waals surface area contributed by atoms with Crippen molar-refractivity contribution < 1.29 is 43.4 Å². The van der Waals surface area contributed by atoms with Crippen LogP contribution in [0.3, 0.4) is 0 Å². The number of nitrogens with one attached hydrogen (secondary N) is 6. The molecular weight excluding hydrogens is 1010 g/mol. The molecule has 0 aliphatic carbocycles. The number of carbonyl (C=O) groups excluding carboxylic acids is 7. The Morgan fingerprint density at radius 1 is 0.829 bits per heavy atom. The SMILES string of the molecule is Cc1sc2c(c1C)C(c1ccc(Cl)cc1)=N[C@@H](CC(=O)NC[C@H]1NC(=O)CNC(=O)[C@@H](Cc3ccc(-c4ccccc4)cc3)NC(=O)[C@@H]3C[C@@H](O)CN3C(=O)[C@H](C(C)(C)C)NC(=O)COCCNC1=O)c1nnc(C)n1-2. The Balaban J connectivity index is 1.03. The number of nitrogens with zero attached hydrogens (tertiary/aromatic N) is 5. The van der Waals surface area contributed by atoms with E-state index in [1.54, 1.807) is 44.2 Å². The van der Waals surface area contributed by atoms with E-state index in [9.17, 15) is 38.7 Å². The van der Waals surface area contributed by atoms with Crippen LogP contribution in [0.15, 0.2) is 83.9 Å². The van der Waals surface area contributed by atoms with Gasteiger partial charge in [-0.1, -0.05) is 99.1 Å². The number of benzene rings is 3. The van der Waals surface area contributed by atoms with Crippen molar-refractivity contribution in [1.82, 2.24) is 51.6 Å². The molecule has 2 fully saturated rings. The minimum atomic E-state index is -1.38. The summed E-state index contributed by atoms with van der Waals surface area (Å²) in [5.41, 5.74) is 4.99. The van der Waals surface area contributed by atoms with E-state index in [-0.39, 0.29) is 39.0 Å². The Morgan fingerprint density at radius 2 is 1.51 bits per heavy atom. The van der Waals surface area contributed by atoms with Gasteiger partial charge in [0.2, 0.25) is 41.4 Å². The van der Waals surface area contributed by atoms with Crippen molar-refractivity contribution >= 4 is 70.0 Å². The van der Waals surface area contributed by atoms with Crippen LogP contribution in [0.5, 0.6) is 0 Å². The molecule has 7 amide bonds. The first-order valence-corrected chi connectivity index (χ1v) is 26.2. The van der Waals surface area contributed by atoms with Gasteiger partial charge < -0.3 is 46.6 Å². The first-order chi connectivity index (χ1) is 36.2. The number of hydrogen-bond acceptors (Lipinski definition) is 13. The largest absolute Gasteiger partial charge is 0.391 e. The molecule has 400 valence electrons. The van der Waals surface area contributed by atoms with Gasteiger partial charge in [0.1, 0.15) is 47.6 Å². The predicted octanol–water partition coefficient (Wildman–Crippen LogP) is 2.94. The number of hydrogen-bond donors (Lipinski definition) is 7. The highest BCUT2D eigenvalue weighted by atomic mass is 35.5. The maximum atomic E-state index is 14.3. The highest BCUT2D eigenvalue weighted by molar-refractivity contribution is 7.15. The average Bonchev–Trinajstić information content (AvgIpc) is 4.04. The summed E-state index contributed by atoms with van der Waals surface area (Å²) in [6.07, 6.45) is -1.48. The van der Waals surface area contributed by atoms with E-state index in [1.165, 1.54) is 4.90 Å². The molecule has 3 aliphatic rings. The van der Waals surface area contributed by atoms with E-state index < -0.39 is 103 Å². The third kappa shape index (κ3) is 12.8. The first kappa shape index (κ1) is 54.9. The maximum absolute atomic E-state index is 14.3. The molecule has 0 spiro atoms. The molecule has 2 saturated heterocycles. The molecule has 76 heavy (non-hydrogen) atoms. The van der Waals surface area contributed by atoms with Gasteiger partial charge in [0.05, 0.1) is 31.4 Å². The molecule has 22 heteroatoms. The fourth-order valence-corrected chi connectivity index (χ4v) is 10.7. The van der Waals surface area contributed by atoms with E-state index in [4.69, 9.17) is 21.3 Å². The van der Waals surface area contributed by atoms with Gasteiger partial charge in [0.15, 0.2) is 5.82 Å². The lowest BCUT2D eigenvalue weighted by molar-refractivity contribution is -0.145. The third-order valence-electron chi connectivity index (χ3n) is 13.5. The number of aliphatic hydroxyl groups excluding tert-OH is 1. The molecule has 6 atom stereocenters. The molecule has 8 rings (SSSR count). The van der Waals surface area contributed by atoms with E-state index >= 15 is 0 Å². The summed E-state index contributed by atoms with van der Waals surface area (Å²) in [5, 5.41) is 37.2. The van der Waals surface area contributed by atoms with Crippen LogP contribution in [0.4, 0.5) is 0 Å². The van der Waals surface area contributed by atoms with Crippen molar-refractivity contribution in [3.8, 4) is 16.1 Å². The van der Waals surface area contributed by atoms with Crippen LogP contribution in [0.1, 0.15) is 78.4 Å². The van der Waals surface area contributed by atoms with E-state index in [0.29, 0.717) is 27.9 Å². The Morgan fingerprint density at radius 3 is 2.22 bits per heavy atom. The summed E-state index contributed by atoms with van der Waals surface area (Å²) < 4.78 is 7.48. The summed E-state index contributed by atoms with van der Waals surface area (Å²) in [7, 11) is 0. The lowest BCUT2D eigenvalue weighted by Crippen LogP contribution is -2.59. The quantitative estimate of drug-likeness (QED) is 0.119. The van der Waals surface area contributed by atoms with Crippen LogP contribution in [0.2, 0.25) is 5.02 Å². The number of aryl methyl sites for hydroxylation is 2. The Kier molecular flexibility index (Phi) is 17.1. The van der Waals surface area contributed by atoms with Crippen molar-refractivity contribution in [3.63, 3.8) is 0 Å². The van der Waals surface area contributed by atoms with Gasteiger partial charge >= 0.3 is 0 Å². The first-order valence-electron chi connectivity index (χ1n) is 25.0. The zero-order valence-corrected chi connectivity index (χ0v) is 44.6. The van der Waals surface area contributed by atoms with Gasteiger partial charge in [0.25, 0.3) is 0 Å². The number of amides is 7. The number of aromatic nitrogens is 3. The third-order valence-corrected chi connectivity index (χ3v) is 15.0. The number of aliphatic imine (C=N–C) groups is 1. The van der Waals surface area contributed by atoms with E-state index in [2.05, 4.69) is 42.1 Å². The lowest BCUT2D eigenvalue weighted by atomic mass is 9.85. The number of halogens is 1. The fraction of sp³-hybridized carbons (Fsp3) is 0.407. The van der Waals surface area contributed by atoms with Crippen LogP contribution in [-0.4, -0.2) is 141 Å². The van der Waals surface area contributed by atoms with Crippen molar-refractivity contribution in [2.45, 2.75) is 97.1 Å². The predicted molar refractivity (Wildman–Crippen MR) is 285 cm³/mol. The second-order valence-corrected chi connectivity index (χ2v) is 21.8. The van der Waals surface area contributed by atoms with Crippen LogP contribution in [0.25, 0.3) is 16.1 Å². The molecular formula is C54H62ClN11O9S. The van der Waals surface area contributed by atoms with Crippen LogP contribution < -0.4 is 31.9 Å². The normalized spacial score (nSPS) is 22.3. The van der Waals surface area contributed by atoms with Gasteiger partial charge in [-0.15, -0.1) is 21.5 Å². The molecule has 20 nitrogen and oxygen atoms in total. The zero-order chi connectivity index (χ0) is 54.4.